The highest BCUT2D eigenvalue weighted by Gasteiger charge is 2.38. The lowest BCUT2D eigenvalue weighted by Gasteiger charge is -2.41. The van der Waals surface area contributed by atoms with E-state index >= 15 is 0 Å². The number of carboxylic acid groups (broad SMARTS) is 1. The summed E-state index contributed by atoms with van der Waals surface area (Å²) in [4.78, 5) is 22.2. The van der Waals surface area contributed by atoms with Crippen molar-refractivity contribution in [2.45, 2.75) is 25.7 Å². The summed E-state index contributed by atoms with van der Waals surface area (Å²) in [6.07, 6.45) is 3.04. The van der Waals surface area contributed by atoms with Crippen LogP contribution in [0.2, 0.25) is 0 Å². The van der Waals surface area contributed by atoms with Crippen LogP contribution in [0.3, 0.4) is 0 Å². The van der Waals surface area contributed by atoms with Crippen molar-refractivity contribution in [2.24, 2.45) is 11.1 Å². The first-order valence-corrected chi connectivity index (χ1v) is 6.37. The molecule has 1 aromatic carbocycles. The quantitative estimate of drug-likeness (QED) is 0.729. The Morgan fingerprint density at radius 3 is 2.53 bits per heavy atom. The number of aliphatic carboxylic acids is 1. The van der Waals surface area contributed by atoms with E-state index in [1.54, 1.807) is 18.2 Å². The van der Waals surface area contributed by atoms with Crippen molar-refractivity contribution < 1.29 is 14.7 Å². The smallest absolute Gasteiger partial charge is 0.303 e. The average molecular weight is 262 g/mol. The molecule has 0 saturated heterocycles. The Balaban J connectivity index is 2.06. The van der Waals surface area contributed by atoms with Crippen molar-refractivity contribution in [3.05, 3.63) is 29.8 Å². The molecule has 1 aliphatic rings. The van der Waals surface area contributed by atoms with Crippen LogP contribution in [0.1, 0.15) is 36.0 Å². The molecular weight excluding hydrogens is 244 g/mol. The summed E-state index contributed by atoms with van der Waals surface area (Å²) >= 11 is 0. The van der Waals surface area contributed by atoms with Crippen LogP contribution in [-0.2, 0) is 4.79 Å². The van der Waals surface area contributed by atoms with Crippen LogP contribution in [0.5, 0.6) is 0 Å². The SMILES string of the molecule is NC(=O)c1ccccc1NCC1(CC(=O)O)CCC1. The van der Waals surface area contributed by atoms with Crippen LogP contribution in [-0.4, -0.2) is 23.5 Å². The van der Waals surface area contributed by atoms with Gasteiger partial charge < -0.3 is 16.2 Å². The fourth-order valence-corrected chi connectivity index (χ4v) is 2.55. The van der Waals surface area contributed by atoms with Gasteiger partial charge in [-0.05, 0) is 30.4 Å². The van der Waals surface area contributed by atoms with Crippen LogP contribution in [0.15, 0.2) is 24.3 Å². The number of benzene rings is 1. The highest BCUT2D eigenvalue weighted by Crippen LogP contribution is 2.44. The molecule has 5 nitrogen and oxygen atoms in total. The average Bonchev–Trinajstić information content (AvgIpc) is 2.32. The predicted octanol–water partition coefficient (Wildman–Crippen LogP) is 1.84. The van der Waals surface area contributed by atoms with Crippen molar-refractivity contribution in [3.63, 3.8) is 0 Å². The Labute approximate surface area is 111 Å². The standard InChI is InChI=1S/C14H18N2O3/c15-13(19)10-4-1-2-5-11(10)16-9-14(6-3-7-14)8-12(17)18/h1-2,4-5,16H,3,6-9H2,(H2,15,19)(H,17,18). The number of carboxylic acids is 1. The Morgan fingerprint density at radius 1 is 1.32 bits per heavy atom. The molecule has 19 heavy (non-hydrogen) atoms. The fraction of sp³-hybridized carbons (Fsp3) is 0.429. The van der Waals surface area contributed by atoms with E-state index < -0.39 is 11.9 Å². The number of carbonyl (C=O) groups is 2. The number of para-hydroxylation sites is 1. The zero-order chi connectivity index (χ0) is 13.9. The zero-order valence-corrected chi connectivity index (χ0v) is 10.7. The van der Waals surface area contributed by atoms with E-state index in [1.807, 2.05) is 6.07 Å². The molecule has 1 fully saturated rings. The van der Waals surface area contributed by atoms with E-state index in [0.717, 1.165) is 19.3 Å². The largest absolute Gasteiger partial charge is 0.481 e. The van der Waals surface area contributed by atoms with Gasteiger partial charge in [0, 0.05) is 12.2 Å². The van der Waals surface area contributed by atoms with Crippen molar-refractivity contribution in [1.29, 1.82) is 0 Å². The van der Waals surface area contributed by atoms with Gasteiger partial charge in [0.1, 0.15) is 0 Å². The van der Waals surface area contributed by atoms with E-state index in [9.17, 15) is 9.59 Å². The third-order valence-electron chi connectivity index (χ3n) is 3.79. The maximum absolute atomic E-state index is 11.3. The first-order chi connectivity index (χ1) is 9.02. The molecule has 1 saturated carbocycles. The molecule has 0 aromatic heterocycles. The van der Waals surface area contributed by atoms with E-state index in [-0.39, 0.29) is 11.8 Å². The number of anilines is 1. The third kappa shape index (κ3) is 3.05. The van der Waals surface area contributed by atoms with Crippen LogP contribution in [0.25, 0.3) is 0 Å². The van der Waals surface area contributed by atoms with Gasteiger partial charge in [-0.3, -0.25) is 9.59 Å². The molecule has 0 bridgehead atoms. The summed E-state index contributed by atoms with van der Waals surface area (Å²) in [5.74, 6) is -1.26. The molecule has 0 aliphatic heterocycles. The molecule has 0 unspecified atom stereocenters. The predicted molar refractivity (Wildman–Crippen MR) is 72.0 cm³/mol. The van der Waals surface area contributed by atoms with E-state index in [2.05, 4.69) is 5.32 Å². The number of nitrogens with one attached hydrogen (secondary N) is 1. The molecule has 4 N–H and O–H groups in total. The summed E-state index contributed by atoms with van der Waals surface area (Å²) in [6.45, 7) is 0.559. The summed E-state index contributed by atoms with van der Waals surface area (Å²) < 4.78 is 0. The molecular formula is C14H18N2O3. The Hall–Kier alpha value is -2.04. The molecule has 2 rings (SSSR count). The molecule has 0 radical (unpaired) electrons. The minimum absolute atomic E-state index is 0.165. The van der Waals surface area contributed by atoms with Gasteiger partial charge in [0.05, 0.1) is 12.0 Å². The molecule has 5 heteroatoms. The second-order valence-corrected chi connectivity index (χ2v) is 5.19. The number of rotatable bonds is 6. The summed E-state index contributed by atoms with van der Waals surface area (Å²) in [6, 6.07) is 7.02. The monoisotopic (exact) mass is 262 g/mol. The van der Waals surface area contributed by atoms with Gasteiger partial charge in [0.2, 0.25) is 0 Å². The van der Waals surface area contributed by atoms with Gasteiger partial charge in [0.25, 0.3) is 5.91 Å². The lowest BCUT2D eigenvalue weighted by molar-refractivity contribution is -0.141. The summed E-state index contributed by atoms with van der Waals surface area (Å²) in [5, 5.41) is 12.1. The van der Waals surface area contributed by atoms with E-state index in [4.69, 9.17) is 10.8 Å². The molecule has 1 aliphatic carbocycles. The van der Waals surface area contributed by atoms with Crippen molar-refractivity contribution in [3.8, 4) is 0 Å². The highest BCUT2D eigenvalue weighted by atomic mass is 16.4. The van der Waals surface area contributed by atoms with E-state index in [0.29, 0.717) is 17.8 Å². The number of carbonyl (C=O) groups excluding carboxylic acids is 1. The Morgan fingerprint density at radius 2 is 2.00 bits per heavy atom. The molecule has 1 amide bonds. The molecule has 0 atom stereocenters. The highest BCUT2D eigenvalue weighted by molar-refractivity contribution is 5.98. The van der Waals surface area contributed by atoms with Crippen LogP contribution < -0.4 is 11.1 Å². The zero-order valence-electron chi connectivity index (χ0n) is 10.7. The minimum Gasteiger partial charge on any atom is -0.481 e. The normalized spacial score (nSPS) is 16.4. The fourth-order valence-electron chi connectivity index (χ4n) is 2.55. The maximum Gasteiger partial charge on any atom is 0.303 e. The second-order valence-electron chi connectivity index (χ2n) is 5.19. The third-order valence-corrected chi connectivity index (χ3v) is 3.79. The topological polar surface area (TPSA) is 92.4 Å². The van der Waals surface area contributed by atoms with E-state index in [1.165, 1.54) is 0 Å². The first kappa shape index (κ1) is 13.4. The minimum atomic E-state index is -0.773. The lowest BCUT2D eigenvalue weighted by Crippen LogP contribution is -2.38. The second kappa shape index (κ2) is 5.30. The molecule has 1 aromatic rings. The van der Waals surface area contributed by atoms with Gasteiger partial charge in [-0.15, -0.1) is 0 Å². The van der Waals surface area contributed by atoms with Gasteiger partial charge in [0.15, 0.2) is 0 Å². The van der Waals surface area contributed by atoms with Crippen molar-refractivity contribution in [2.75, 3.05) is 11.9 Å². The maximum atomic E-state index is 11.3. The van der Waals surface area contributed by atoms with Crippen LogP contribution in [0.4, 0.5) is 5.69 Å². The number of amides is 1. The Kier molecular flexibility index (Phi) is 3.74. The summed E-state index contributed by atoms with van der Waals surface area (Å²) in [5.41, 5.74) is 6.23. The van der Waals surface area contributed by atoms with Gasteiger partial charge >= 0.3 is 5.97 Å². The molecule has 0 heterocycles. The van der Waals surface area contributed by atoms with Crippen LogP contribution in [0, 0.1) is 5.41 Å². The Bertz CT molecular complexity index is 495. The first-order valence-electron chi connectivity index (χ1n) is 6.37. The number of hydrogen-bond acceptors (Lipinski definition) is 3. The number of primary amides is 1. The van der Waals surface area contributed by atoms with Gasteiger partial charge in [-0.1, -0.05) is 18.6 Å². The number of nitrogens with two attached hydrogens (primary N) is 1. The summed E-state index contributed by atoms with van der Waals surface area (Å²) in [7, 11) is 0. The van der Waals surface area contributed by atoms with Crippen LogP contribution >= 0.6 is 0 Å². The molecule has 0 spiro atoms. The van der Waals surface area contributed by atoms with Gasteiger partial charge in [-0.2, -0.15) is 0 Å². The van der Waals surface area contributed by atoms with Crippen molar-refractivity contribution in [1.82, 2.24) is 0 Å². The lowest BCUT2D eigenvalue weighted by atomic mass is 9.66. The van der Waals surface area contributed by atoms with Gasteiger partial charge in [-0.25, -0.2) is 0 Å². The number of hydrogen-bond donors (Lipinski definition) is 3. The van der Waals surface area contributed by atoms with Crippen molar-refractivity contribution >= 4 is 17.6 Å². The molecule has 102 valence electrons.